The van der Waals surface area contributed by atoms with Gasteiger partial charge < -0.3 is 5.32 Å². The number of aromatic nitrogens is 2. The largest absolute Gasteiger partial charge is 0.337 e. The molecule has 3 nitrogen and oxygen atoms in total. The second-order valence-corrected chi connectivity index (χ2v) is 4.00. The Hall–Kier alpha value is -1.68. The second kappa shape index (κ2) is 4.67. The summed E-state index contributed by atoms with van der Waals surface area (Å²) in [6.07, 6.45) is 0. The van der Waals surface area contributed by atoms with Crippen LogP contribution in [0.15, 0.2) is 24.3 Å². The third-order valence-corrected chi connectivity index (χ3v) is 2.69. The molecular formula is C12H11ClFN3. The van der Waals surface area contributed by atoms with Crippen molar-refractivity contribution in [1.82, 2.24) is 9.97 Å². The van der Waals surface area contributed by atoms with Gasteiger partial charge in [-0.05, 0) is 26.0 Å². The van der Waals surface area contributed by atoms with E-state index in [2.05, 4.69) is 15.3 Å². The van der Waals surface area contributed by atoms with Crippen molar-refractivity contribution < 1.29 is 4.39 Å². The highest BCUT2D eigenvalue weighted by atomic mass is 35.5. The fraction of sp³-hybridized carbons (Fsp3) is 0.167. The Balaban J connectivity index is 2.40. The molecule has 1 heterocycles. The van der Waals surface area contributed by atoms with Gasteiger partial charge in [0, 0.05) is 5.56 Å². The standard InChI is InChI=1S/C12H11ClFN3/c1-7-11(13)15-8(2)16-12(7)17-10-6-4-3-5-9(10)14/h3-6H,1-2H3,(H,15,16,17). The molecule has 0 aliphatic carbocycles. The fourth-order valence-corrected chi connectivity index (χ4v) is 1.62. The Morgan fingerprint density at radius 1 is 1.18 bits per heavy atom. The first-order valence-electron chi connectivity index (χ1n) is 5.10. The lowest BCUT2D eigenvalue weighted by molar-refractivity contribution is 0.631. The number of aryl methyl sites for hydroxylation is 1. The van der Waals surface area contributed by atoms with Crippen LogP contribution in [0.5, 0.6) is 0 Å². The van der Waals surface area contributed by atoms with E-state index < -0.39 is 0 Å². The summed E-state index contributed by atoms with van der Waals surface area (Å²) in [5.74, 6) is 0.728. The lowest BCUT2D eigenvalue weighted by Gasteiger charge is -2.10. The van der Waals surface area contributed by atoms with Crippen molar-refractivity contribution in [3.8, 4) is 0 Å². The number of rotatable bonds is 2. The Morgan fingerprint density at radius 3 is 2.59 bits per heavy atom. The zero-order chi connectivity index (χ0) is 12.4. The summed E-state index contributed by atoms with van der Waals surface area (Å²) in [7, 11) is 0. The molecule has 1 N–H and O–H groups in total. The first kappa shape index (κ1) is 11.8. The Morgan fingerprint density at radius 2 is 1.88 bits per heavy atom. The SMILES string of the molecule is Cc1nc(Cl)c(C)c(Nc2ccccc2F)n1. The van der Waals surface area contributed by atoms with Crippen molar-refractivity contribution in [1.29, 1.82) is 0 Å². The van der Waals surface area contributed by atoms with E-state index in [1.165, 1.54) is 6.07 Å². The lowest BCUT2D eigenvalue weighted by Crippen LogP contribution is -2.02. The van der Waals surface area contributed by atoms with Crippen LogP contribution < -0.4 is 5.32 Å². The molecule has 2 aromatic rings. The molecule has 17 heavy (non-hydrogen) atoms. The number of para-hydroxylation sites is 1. The molecule has 5 heteroatoms. The van der Waals surface area contributed by atoms with E-state index in [-0.39, 0.29) is 5.82 Å². The lowest BCUT2D eigenvalue weighted by atomic mass is 10.3. The number of hydrogen-bond acceptors (Lipinski definition) is 3. The predicted molar refractivity (Wildman–Crippen MR) is 66.2 cm³/mol. The third-order valence-electron chi connectivity index (χ3n) is 2.33. The number of nitrogens with one attached hydrogen (secondary N) is 1. The highest BCUT2D eigenvalue weighted by Crippen LogP contribution is 2.24. The Kier molecular flexibility index (Phi) is 3.24. The van der Waals surface area contributed by atoms with Gasteiger partial charge in [0.2, 0.25) is 0 Å². The van der Waals surface area contributed by atoms with Crippen molar-refractivity contribution in [2.45, 2.75) is 13.8 Å². The van der Waals surface area contributed by atoms with E-state index in [0.717, 1.165) is 0 Å². The van der Waals surface area contributed by atoms with Crippen molar-refractivity contribution in [2.75, 3.05) is 5.32 Å². The summed E-state index contributed by atoms with van der Waals surface area (Å²) in [6, 6.07) is 6.40. The van der Waals surface area contributed by atoms with Crippen molar-refractivity contribution in [3.63, 3.8) is 0 Å². The fourth-order valence-electron chi connectivity index (χ4n) is 1.41. The molecule has 0 aliphatic heterocycles. The predicted octanol–water partition coefficient (Wildman–Crippen LogP) is 3.63. The quantitative estimate of drug-likeness (QED) is 0.829. The molecule has 0 spiro atoms. The molecule has 0 atom stereocenters. The Labute approximate surface area is 104 Å². The van der Waals surface area contributed by atoms with Gasteiger partial charge >= 0.3 is 0 Å². The van der Waals surface area contributed by atoms with Crippen LogP contribution in [-0.2, 0) is 0 Å². The summed E-state index contributed by atoms with van der Waals surface area (Å²) in [5, 5.41) is 3.28. The van der Waals surface area contributed by atoms with E-state index in [0.29, 0.717) is 28.0 Å². The minimum atomic E-state index is -0.334. The second-order valence-electron chi connectivity index (χ2n) is 3.64. The molecule has 0 amide bonds. The monoisotopic (exact) mass is 251 g/mol. The van der Waals surface area contributed by atoms with Gasteiger partial charge in [-0.1, -0.05) is 23.7 Å². The topological polar surface area (TPSA) is 37.8 Å². The van der Waals surface area contributed by atoms with E-state index >= 15 is 0 Å². The Bertz CT molecular complexity index is 557. The number of hydrogen-bond donors (Lipinski definition) is 1. The van der Waals surface area contributed by atoms with E-state index in [9.17, 15) is 4.39 Å². The zero-order valence-electron chi connectivity index (χ0n) is 9.46. The summed E-state index contributed by atoms with van der Waals surface area (Å²) < 4.78 is 13.5. The van der Waals surface area contributed by atoms with E-state index in [1.54, 1.807) is 32.0 Å². The molecule has 2 rings (SSSR count). The molecule has 0 bridgehead atoms. The van der Waals surface area contributed by atoms with Gasteiger partial charge in [0.1, 0.15) is 22.6 Å². The molecule has 0 saturated heterocycles. The number of halogens is 2. The normalized spacial score (nSPS) is 10.4. The summed E-state index contributed by atoms with van der Waals surface area (Å²) in [5.41, 5.74) is 1.06. The highest BCUT2D eigenvalue weighted by molar-refractivity contribution is 6.30. The maximum atomic E-state index is 13.5. The summed E-state index contributed by atoms with van der Waals surface area (Å²) in [6.45, 7) is 3.52. The third kappa shape index (κ3) is 2.53. The van der Waals surface area contributed by atoms with Crippen molar-refractivity contribution in [2.24, 2.45) is 0 Å². The van der Waals surface area contributed by atoms with E-state index in [1.807, 2.05) is 0 Å². The van der Waals surface area contributed by atoms with Gasteiger partial charge in [-0.15, -0.1) is 0 Å². The van der Waals surface area contributed by atoms with E-state index in [4.69, 9.17) is 11.6 Å². The molecule has 1 aromatic heterocycles. The minimum Gasteiger partial charge on any atom is -0.337 e. The average molecular weight is 252 g/mol. The molecule has 88 valence electrons. The van der Waals surface area contributed by atoms with Gasteiger partial charge in [-0.2, -0.15) is 0 Å². The molecule has 0 fully saturated rings. The molecule has 0 radical (unpaired) electrons. The summed E-state index contributed by atoms with van der Waals surface area (Å²) >= 11 is 5.94. The summed E-state index contributed by atoms with van der Waals surface area (Å²) in [4.78, 5) is 8.22. The molecule has 0 unspecified atom stereocenters. The average Bonchev–Trinajstić information content (AvgIpc) is 2.28. The number of nitrogens with zero attached hydrogens (tertiary/aromatic N) is 2. The maximum absolute atomic E-state index is 13.5. The van der Waals surface area contributed by atoms with Crippen LogP contribution in [0, 0.1) is 19.7 Å². The van der Waals surface area contributed by atoms with Gasteiger partial charge in [0.25, 0.3) is 0 Å². The molecular weight excluding hydrogens is 241 g/mol. The van der Waals surface area contributed by atoms with Crippen LogP contribution in [0.25, 0.3) is 0 Å². The minimum absolute atomic E-state index is 0.334. The van der Waals surface area contributed by atoms with Crippen LogP contribution in [0.2, 0.25) is 5.15 Å². The van der Waals surface area contributed by atoms with Gasteiger partial charge in [0.15, 0.2) is 0 Å². The zero-order valence-corrected chi connectivity index (χ0v) is 10.2. The highest BCUT2D eigenvalue weighted by Gasteiger charge is 2.09. The molecule has 0 aliphatic rings. The van der Waals surface area contributed by atoms with Crippen LogP contribution in [-0.4, -0.2) is 9.97 Å². The van der Waals surface area contributed by atoms with Crippen molar-refractivity contribution in [3.05, 3.63) is 46.6 Å². The van der Waals surface area contributed by atoms with Gasteiger partial charge in [-0.25, -0.2) is 14.4 Å². The van der Waals surface area contributed by atoms with Crippen LogP contribution in [0.4, 0.5) is 15.9 Å². The smallest absolute Gasteiger partial charge is 0.146 e. The molecule has 0 saturated carbocycles. The van der Waals surface area contributed by atoms with Crippen LogP contribution in [0.1, 0.15) is 11.4 Å². The van der Waals surface area contributed by atoms with Crippen LogP contribution in [0.3, 0.4) is 0 Å². The number of benzene rings is 1. The maximum Gasteiger partial charge on any atom is 0.146 e. The van der Waals surface area contributed by atoms with Gasteiger partial charge in [0.05, 0.1) is 5.69 Å². The first-order chi connectivity index (χ1) is 8.08. The van der Waals surface area contributed by atoms with Gasteiger partial charge in [-0.3, -0.25) is 0 Å². The number of anilines is 2. The van der Waals surface area contributed by atoms with Crippen LogP contribution >= 0.6 is 11.6 Å². The molecule has 1 aromatic carbocycles. The first-order valence-corrected chi connectivity index (χ1v) is 5.48. The van der Waals surface area contributed by atoms with Crippen molar-refractivity contribution >= 4 is 23.1 Å².